The van der Waals surface area contributed by atoms with E-state index in [0.717, 1.165) is 31.4 Å². The number of anilines is 1. The van der Waals surface area contributed by atoms with E-state index < -0.39 is 27.7 Å². The summed E-state index contributed by atoms with van der Waals surface area (Å²) in [5.41, 5.74) is 0.790. The molecule has 0 unspecified atom stereocenters. The monoisotopic (exact) mass is 515 g/mol. The Balaban J connectivity index is 1.49. The lowest BCUT2D eigenvalue weighted by Crippen LogP contribution is -2.30. The van der Waals surface area contributed by atoms with Crippen molar-refractivity contribution in [1.29, 1.82) is 0 Å². The number of rotatable bonds is 5. The molecule has 0 saturated carbocycles. The first-order valence-electron chi connectivity index (χ1n) is 11.4. The summed E-state index contributed by atoms with van der Waals surface area (Å²) in [5.74, 6) is -0.0307. The van der Waals surface area contributed by atoms with E-state index in [1.165, 1.54) is 36.4 Å². The number of carbonyl (C=O) groups excluding carboxylic acids is 1. The fourth-order valence-electron chi connectivity index (χ4n) is 3.86. The topological polar surface area (TPSA) is 87.6 Å². The molecule has 3 aromatic carbocycles. The minimum absolute atomic E-state index is 0.0394. The van der Waals surface area contributed by atoms with Gasteiger partial charge in [-0.1, -0.05) is 36.8 Å². The zero-order valence-corrected chi connectivity index (χ0v) is 20.0. The van der Waals surface area contributed by atoms with Gasteiger partial charge in [-0.25, -0.2) is 8.42 Å². The van der Waals surface area contributed by atoms with E-state index in [2.05, 4.69) is 15.0 Å². The molecule has 6 nitrogen and oxygen atoms in total. The highest BCUT2D eigenvalue weighted by molar-refractivity contribution is 7.90. The van der Waals surface area contributed by atoms with Crippen LogP contribution in [0.5, 0.6) is 0 Å². The average Bonchev–Trinajstić information content (AvgIpc) is 3.12. The van der Waals surface area contributed by atoms with Crippen LogP contribution >= 0.6 is 0 Å². The Kier molecular flexibility index (Phi) is 7.44. The van der Waals surface area contributed by atoms with Crippen LogP contribution < -0.4 is 10.0 Å². The third kappa shape index (κ3) is 6.12. The second kappa shape index (κ2) is 10.5. The molecule has 3 aromatic rings. The molecule has 1 heterocycles. The average molecular weight is 516 g/mol. The number of sulfonamides is 1. The summed E-state index contributed by atoms with van der Waals surface area (Å²) < 4.78 is 66.6. The molecule has 4 rings (SSSR count). The van der Waals surface area contributed by atoms with Crippen LogP contribution in [0.1, 0.15) is 41.6 Å². The lowest BCUT2D eigenvalue weighted by molar-refractivity contribution is -0.137. The Hall–Kier alpha value is -3.66. The molecule has 0 aromatic heterocycles. The minimum Gasteiger partial charge on any atom is -0.322 e. The number of alkyl halides is 3. The molecule has 2 N–H and O–H groups in total. The molecule has 188 valence electrons. The largest absolute Gasteiger partial charge is 0.416 e. The third-order valence-electron chi connectivity index (χ3n) is 5.74. The molecule has 0 fully saturated rings. The summed E-state index contributed by atoms with van der Waals surface area (Å²) in [7, 11) is -3.80. The normalized spacial score (nSPS) is 14.5. The van der Waals surface area contributed by atoms with Gasteiger partial charge >= 0.3 is 6.18 Å². The lowest BCUT2D eigenvalue weighted by atomic mass is 9.98. The SMILES string of the molecule is O=C(Nc1ccc(S(=O)(=O)NC2=NCCCCC2)cc1)c1ccccc1-c1ccc(C(F)(F)F)cc1. The van der Waals surface area contributed by atoms with Crippen molar-refractivity contribution >= 4 is 27.5 Å². The molecule has 1 aliphatic rings. The Morgan fingerprint density at radius 1 is 0.861 bits per heavy atom. The Morgan fingerprint density at radius 3 is 2.25 bits per heavy atom. The van der Waals surface area contributed by atoms with Gasteiger partial charge in [-0.05, 0) is 66.4 Å². The number of amidine groups is 1. The quantitative estimate of drug-likeness (QED) is 0.445. The minimum atomic E-state index is -4.45. The van der Waals surface area contributed by atoms with Crippen molar-refractivity contribution in [2.75, 3.05) is 11.9 Å². The van der Waals surface area contributed by atoms with E-state index in [-0.39, 0.29) is 10.5 Å². The lowest BCUT2D eigenvalue weighted by Gasteiger charge is -2.13. The van der Waals surface area contributed by atoms with Crippen LogP contribution in [0.3, 0.4) is 0 Å². The molecule has 1 amide bonds. The summed E-state index contributed by atoms with van der Waals surface area (Å²) in [6.07, 6.45) is -1.06. The molecule has 0 bridgehead atoms. The number of nitrogens with one attached hydrogen (secondary N) is 2. The maximum absolute atomic E-state index is 13.0. The summed E-state index contributed by atoms with van der Waals surface area (Å²) in [4.78, 5) is 17.3. The Labute approximate surface area is 207 Å². The van der Waals surface area contributed by atoms with Crippen molar-refractivity contribution in [2.24, 2.45) is 4.99 Å². The van der Waals surface area contributed by atoms with Gasteiger partial charge in [0.05, 0.1) is 10.5 Å². The number of aliphatic imine (C=N–C) groups is 1. The van der Waals surface area contributed by atoms with Crippen LogP contribution in [0.25, 0.3) is 11.1 Å². The van der Waals surface area contributed by atoms with E-state index in [9.17, 15) is 26.4 Å². The molecule has 0 atom stereocenters. The highest BCUT2D eigenvalue weighted by atomic mass is 32.2. The number of carbonyl (C=O) groups is 1. The number of halogens is 3. The number of hydrogen-bond acceptors (Lipinski definition) is 4. The molecule has 1 aliphatic heterocycles. The molecule has 0 radical (unpaired) electrons. The predicted octanol–water partition coefficient (Wildman–Crippen LogP) is 5.88. The van der Waals surface area contributed by atoms with E-state index in [0.29, 0.717) is 35.6 Å². The van der Waals surface area contributed by atoms with E-state index in [1.54, 1.807) is 24.3 Å². The van der Waals surface area contributed by atoms with Crippen LogP contribution in [0.15, 0.2) is 82.7 Å². The fraction of sp³-hybridized carbons (Fsp3) is 0.231. The summed E-state index contributed by atoms with van der Waals surface area (Å²) in [6, 6.07) is 16.9. The highest BCUT2D eigenvalue weighted by Crippen LogP contribution is 2.32. The van der Waals surface area contributed by atoms with E-state index >= 15 is 0 Å². The van der Waals surface area contributed by atoms with Crippen LogP contribution in [0.2, 0.25) is 0 Å². The molecule has 36 heavy (non-hydrogen) atoms. The fourth-order valence-corrected chi connectivity index (χ4v) is 4.95. The molecule has 0 spiro atoms. The Morgan fingerprint density at radius 2 is 1.56 bits per heavy atom. The molecule has 0 aliphatic carbocycles. The first kappa shape index (κ1) is 25.4. The standard InChI is InChI=1S/C26H24F3N3O3S/c27-26(28,29)19-11-9-18(10-12-19)22-6-3-4-7-23(22)25(33)31-20-13-15-21(16-14-20)36(34,35)32-24-8-2-1-5-17-30-24/h3-4,6-7,9-16H,1-2,5,8,17H2,(H,30,32)(H,31,33). The molecular weight excluding hydrogens is 491 g/mol. The first-order valence-corrected chi connectivity index (χ1v) is 12.9. The molecule has 10 heteroatoms. The summed E-state index contributed by atoms with van der Waals surface area (Å²) in [5, 5.41) is 2.71. The van der Waals surface area contributed by atoms with Gasteiger partial charge in [0.2, 0.25) is 0 Å². The zero-order chi connectivity index (χ0) is 25.8. The van der Waals surface area contributed by atoms with Gasteiger partial charge < -0.3 is 5.32 Å². The Bertz CT molecular complexity index is 1370. The van der Waals surface area contributed by atoms with Crippen LogP contribution in [0.4, 0.5) is 18.9 Å². The van der Waals surface area contributed by atoms with Gasteiger partial charge in [0.1, 0.15) is 5.84 Å². The first-order chi connectivity index (χ1) is 17.1. The maximum Gasteiger partial charge on any atom is 0.416 e. The molecular formula is C26H24F3N3O3S. The summed E-state index contributed by atoms with van der Waals surface area (Å²) >= 11 is 0. The summed E-state index contributed by atoms with van der Waals surface area (Å²) in [6.45, 7) is 0.594. The molecule has 0 saturated heterocycles. The number of hydrogen-bond donors (Lipinski definition) is 2. The van der Waals surface area contributed by atoms with Crippen molar-refractivity contribution in [3.8, 4) is 11.1 Å². The van der Waals surface area contributed by atoms with Crippen molar-refractivity contribution < 1.29 is 26.4 Å². The van der Waals surface area contributed by atoms with Gasteiger partial charge in [0.15, 0.2) is 0 Å². The van der Waals surface area contributed by atoms with Crippen molar-refractivity contribution in [2.45, 2.75) is 36.8 Å². The second-order valence-corrected chi connectivity index (χ2v) is 10.0. The highest BCUT2D eigenvalue weighted by Gasteiger charge is 2.30. The van der Waals surface area contributed by atoms with Crippen LogP contribution in [-0.2, 0) is 16.2 Å². The zero-order valence-electron chi connectivity index (χ0n) is 19.2. The van der Waals surface area contributed by atoms with Gasteiger partial charge in [-0.3, -0.25) is 14.5 Å². The maximum atomic E-state index is 13.0. The van der Waals surface area contributed by atoms with Crippen molar-refractivity contribution in [3.05, 3.63) is 83.9 Å². The van der Waals surface area contributed by atoms with Gasteiger partial charge in [-0.15, -0.1) is 0 Å². The number of amides is 1. The van der Waals surface area contributed by atoms with Gasteiger partial charge in [-0.2, -0.15) is 13.2 Å². The van der Waals surface area contributed by atoms with Crippen LogP contribution in [0, 0.1) is 0 Å². The van der Waals surface area contributed by atoms with Crippen molar-refractivity contribution in [3.63, 3.8) is 0 Å². The smallest absolute Gasteiger partial charge is 0.322 e. The second-order valence-electron chi connectivity index (χ2n) is 8.34. The number of nitrogens with zero attached hydrogens (tertiary/aromatic N) is 1. The van der Waals surface area contributed by atoms with E-state index in [1.807, 2.05) is 0 Å². The third-order valence-corrected chi connectivity index (χ3v) is 7.14. The van der Waals surface area contributed by atoms with Gasteiger partial charge in [0, 0.05) is 24.2 Å². The van der Waals surface area contributed by atoms with E-state index in [4.69, 9.17) is 0 Å². The predicted molar refractivity (Wildman–Crippen MR) is 132 cm³/mol. The number of benzene rings is 3. The van der Waals surface area contributed by atoms with Crippen molar-refractivity contribution in [1.82, 2.24) is 4.72 Å². The van der Waals surface area contributed by atoms with Gasteiger partial charge in [0.25, 0.3) is 15.9 Å². The van der Waals surface area contributed by atoms with Crippen LogP contribution in [-0.4, -0.2) is 26.7 Å².